The maximum Gasteiger partial charge on any atom is 0.257 e. The van der Waals surface area contributed by atoms with E-state index in [4.69, 9.17) is 0 Å². The number of hydroxylamine groups is 1. The van der Waals surface area contributed by atoms with Gasteiger partial charge in [-0.1, -0.05) is 36.4 Å². The van der Waals surface area contributed by atoms with Crippen molar-refractivity contribution in [2.45, 2.75) is 52.6 Å². The highest BCUT2D eigenvalue weighted by Gasteiger charge is 2.31. The van der Waals surface area contributed by atoms with E-state index in [0.717, 1.165) is 21.0 Å². The fraction of sp³-hybridized carbons (Fsp3) is 0.364. The highest BCUT2D eigenvalue weighted by molar-refractivity contribution is 5.72. The first-order valence-electron chi connectivity index (χ1n) is 8.81. The van der Waals surface area contributed by atoms with Crippen LogP contribution in [0, 0.1) is 10.1 Å². The van der Waals surface area contributed by atoms with Gasteiger partial charge in [-0.05, 0) is 44.0 Å². The Morgan fingerprint density at radius 1 is 0.885 bits per heavy atom. The summed E-state index contributed by atoms with van der Waals surface area (Å²) in [7, 11) is 0. The van der Waals surface area contributed by atoms with Crippen LogP contribution in [-0.2, 0) is 0 Å². The minimum absolute atomic E-state index is 0.485. The van der Waals surface area contributed by atoms with Gasteiger partial charge < -0.3 is 10.3 Å². The molecule has 138 valence electrons. The maximum atomic E-state index is 12.4. The SMILES string of the molecule is CC(C)(C)N([O-])c1cccc(/C=C/c2cccc([N+](=O)C(C)(C)C)c2)c1. The molecular weight excluding hydrogens is 324 g/mol. The van der Waals surface area contributed by atoms with Crippen LogP contribution in [-0.4, -0.2) is 15.8 Å². The number of nitrogens with zero attached hydrogens (tertiary/aromatic N) is 2. The zero-order chi connectivity index (χ0) is 19.5. The molecule has 0 saturated heterocycles. The standard InChI is InChI=1S/C22H28N2O2/c1-21(2,3)23(25)19-11-7-9-17(15-19)13-14-18-10-8-12-20(16-18)24(26)22(4,5)6/h7-16H,1-6H3/b14-13+. The van der Waals surface area contributed by atoms with E-state index in [1.807, 2.05) is 102 Å². The van der Waals surface area contributed by atoms with E-state index >= 15 is 0 Å². The highest BCUT2D eigenvalue weighted by Crippen LogP contribution is 2.25. The molecule has 0 aliphatic carbocycles. The molecule has 2 aromatic rings. The quantitative estimate of drug-likeness (QED) is 0.375. The lowest BCUT2D eigenvalue weighted by Gasteiger charge is -2.43. The summed E-state index contributed by atoms with van der Waals surface area (Å²) in [6.45, 7) is 11.3. The molecule has 0 aliphatic rings. The fourth-order valence-corrected chi connectivity index (χ4v) is 2.48. The zero-order valence-corrected chi connectivity index (χ0v) is 16.5. The summed E-state index contributed by atoms with van der Waals surface area (Å²) in [6.07, 6.45) is 3.90. The molecule has 2 rings (SSSR count). The van der Waals surface area contributed by atoms with Gasteiger partial charge in [0.05, 0.1) is 0 Å². The molecule has 0 heterocycles. The molecule has 0 fully saturated rings. The summed E-state index contributed by atoms with van der Waals surface area (Å²) in [5.74, 6) is 0. The van der Waals surface area contributed by atoms with Crippen LogP contribution >= 0.6 is 0 Å². The number of nitroso groups, excluding NO2 is 1. The Balaban J connectivity index is 2.24. The van der Waals surface area contributed by atoms with Crippen LogP contribution in [0.25, 0.3) is 12.2 Å². The molecule has 0 amide bonds. The Bertz CT molecular complexity index is 811. The van der Waals surface area contributed by atoms with Crippen molar-refractivity contribution in [1.29, 1.82) is 0 Å². The van der Waals surface area contributed by atoms with Gasteiger partial charge in [0, 0.05) is 53.8 Å². The van der Waals surface area contributed by atoms with Gasteiger partial charge in [-0.25, -0.2) is 0 Å². The minimum Gasteiger partial charge on any atom is -0.758 e. The first-order chi connectivity index (χ1) is 12.0. The van der Waals surface area contributed by atoms with Crippen LogP contribution in [0.15, 0.2) is 48.5 Å². The van der Waals surface area contributed by atoms with Gasteiger partial charge in [-0.15, -0.1) is 0 Å². The number of hydrogen-bond acceptors (Lipinski definition) is 3. The molecule has 0 N–H and O–H groups in total. The van der Waals surface area contributed by atoms with Crippen molar-refractivity contribution in [3.05, 3.63) is 69.8 Å². The van der Waals surface area contributed by atoms with E-state index < -0.39 is 11.1 Å². The van der Waals surface area contributed by atoms with Crippen molar-refractivity contribution in [1.82, 2.24) is 0 Å². The summed E-state index contributed by atoms with van der Waals surface area (Å²) >= 11 is 0. The van der Waals surface area contributed by atoms with Crippen molar-refractivity contribution in [3.63, 3.8) is 0 Å². The zero-order valence-electron chi connectivity index (χ0n) is 16.5. The number of hydrogen-bond donors (Lipinski definition) is 0. The molecule has 0 aromatic heterocycles. The third kappa shape index (κ3) is 5.02. The van der Waals surface area contributed by atoms with Gasteiger partial charge in [-0.3, -0.25) is 0 Å². The van der Waals surface area contributed by atoms with Gasteiger partial charge in [0.1, 0.15) is 0 Å². The lowest BCUT2D eigenvalue weighted by molar-refractivity contribution is -0.540. The number of anilines is 1. The van der Waals surface area contributed by atoms with Crippen LogP contribution < -0.4 is 5.06 Å². The minimum atomic E-state index is -0.485. The third-order valence-electron chi connectivity index (χ3n) is 3.90. The van der Waals surface area contributed by atoms with Crippen molar-refractivity contribution in [2.75, 3.05) is 5.06 Å². The summed E-state index contributed by atoms with van der Waals surface area (Å²) < 4.78 is 1.02. The molecule has 0 unspecified atom stereocenters. The predicted molar refractivity (Wildman–Crippen MR) is 110 cm³/mol. The van der Waals surface area contributed by atoms with Crippen LogP contribution in [0.2, 0.25) is 0 Å². The van der Waals surface area contributed by atoms with Crippen molar-refractivity contribution in [3.8, 4) is 0 Å². The van der Waals surface area contributed by atoms with E-state index in [1.165, 1.54) is 0 Å². The smallest absolute Gasteiger partial charge is 0.257 e. The molecule has 4 nitrogen and oxygen atoms in total. The Hall–Kier alpha value is -2.46. The second-order valence-electron chi connectivity index (χ2n) is 8.45. The van der Waals surface area contributed by atoms with Crippen molar-refractivity contribution < 1.29 is 4.76 Å². The summed E-state index contributed by atoms with van der Waals surface area (Å²) in [5.41, 5.74) is 2.17. The van der Waals surface area contributed by atoms with Crippen molar-refractivity contribution in [2.24, 2.45) is 0 Å². The molecule has 0 saturated carbocycles. The normalized spacial score (nSPS) is 12.4. The Morgan fingerprint density at radius 2 is 1.42 bits per heavy atom. The van der Waals surface area contributed by atoms with Crippen LogP contribution in [0.1, 0.15) is 52.7 Å². The van der Waals surface area contributed by atoms with E-state index in [1.54, 1.807) is 0 Å². The molecule has 0 bridgehead atoms. The van der Waals surface area contributed by atoms with E-state index in [9.17, 15) is 10.1 Å². The molecular formula is C22H28N2O2. The van der Waals surface area contributed by atoms with E-state index in [2.05, 4.69) is 0 Å². The summed E-state index contributed by atoms with van der Waals surface area (Å²) in [6, 6.07) is 15.0. The Morgan fingerprint density at radius 3 is 1.96 bits per heavy atom. The van der Waals surface area contributed by atoms with Gasteiger partial charge in [0.25, 0.3) is 5.69 Å². The number of rotatable bonds is 4. The molecule has 0 aliphatic heterocycles. The average Bonchev–Trinajstić information content (AvgIpc) is 2.57. The Labute approximate surface area is 156 Å². The van der Waals surface area contributed by atoms with Gasteiger partial charge in [0.15, 0.2) is 0 Å². The number of benzene rings is 2. The van der Waals surface area contributed by atoms with Crippen LogP contribution in [0.4, 0.5) is 11.4 Å². The third-order valence-corrected chi connectivity index (χ3v) is 3.90. The van der Waals surface area contributed by atoms with Gasteiger partial charge in [0.2, 0.25) is 5.54 Å². The van der Waals surface area contributed by atoms with Crippen LogP contribution in [0.3, 0.4) is 0 Å². The lowest BCUT2D eigenvalue weighted by atomic mass is 10.1. The Kier molecular flexibility index (Phi) is 5.67. The molecule has 26 heavy (non-hydrogen) atoms. The highest BCUT2D eigenvalue weighted by atomic mass is 16.5. The maximum absolute atomic E-state index is 12.4. The first kappa shape index (κ1) is 19.9. The molecule has 0 atom stereocenters. The van der Waals surface area contributed by atoms with Gasteiger partial charge >= 0.3 is 0 Å². The average molecular weight is 352 g/mol. The summed E-state index contributed by atoms with van der Waals surface area (Å²) in [4.78, 5) is 12.4. The monoisotopic (exact) mass is 352 g/mol. The lowest BCUT2D eigenvalue weighted by Crippen LogP contribution is -2.36. The molecule has 0 spiro atoms. The van der Waals surface area contributed by atoms with E-state index in [0.29, 0.717) is 11.4 Å². The van der Waals surface area contributed by atoms with E-state index in [-0.39, 0.29) is 0 Å². The van der Waals surface area contributed by atoms with Crippen molar-refractivity contribution >= 4 is 23.5 Å². The second-order valence-corrected chi connectivity index (χ2v) is 8.45. The second kappa shape index (κ2) is 7.42. The molecule has 2 aromatic carbocycles. The predicted octanol–water partition coefficient (Wildman–Crippen LogP) is 6.17. The largest absolute Gasteiger partial charge is 0.758 e. The first-order valence-corrected chi connectivity index (χ1v) is 8.81. The molecule has 4 heteroatoms. The molecule has 0 radical (unpaired) electrons. The van der Waals surface area contributed by atoms with Gasteiger partial charge in [-0.2, -0.15) is 0 Å². The van der Waals surface area contributed by atoms with Crippen LogP contribution in [0.5, 0.6) is 0 Å². The summed E-state index contributed by atoms with van der Waals surface area (Å²) in [5, 5.41) is 13.4. The topological polar surface area (TPSA) is 46.4 Å². The fourth-order valence-electron chi connectivity index (χ4n) is 2.48.